The molecule has 0 spiro atoms. The van der Waals surface area contributed by atoms with Crippen LogP contribution in [0.3, 0.4) is 0 Å². The monoisotopic (exact) mass is 392 g/mol. The first-order valence-corrected chi connectivity index (χ1v) is 9.74. The van der Waals surface area contributed by atoms with Crippen LogP contribution < -0.4 is 5.32 Å². The summed E-state index contributed by atoms with van der Waals surface area (Å²) in [5, 5.41) is 7.07. The van der Waals surface area contributed by atoms with Gasteiger partial charge in [0.05, 0.1) is 19.3 Å². The summed E-state index contributed by atoms with van der Waals surface area (Å²) in [5.41, 5.74) is 3.28. The fourth-order valence-corrected chi connectivity index (χ4v) is 3.33. The highest BCUT2D eigenvalue weighted by molar-refractivity contribution is 5.93. The van der Waals surface area contributed by atoms with Gasteiger partial charge in [-0.3, -0.25) is 14.7 Å². The standard InChI is InChI=1S/C22H24N4O3/c1-16-4-6-17(7-5-16)20(15-26-9-11-28-12-10-26)24-22(27)19-13-21(29-25-19)18-3-2-8-23-14-18/h2-8,13-14,20H,9-12,15H2,1H3,(H,24,27)/t20-/m0/s1. The Kier molecular flexibility index (Phi) is 5.97. The van der Waals surface area contributed by atoms with E-state index in [0.717, 1.165) is 24.2 Å². The molecular weight excluding hydrogens is 368 g/mol. The summed E-state index contributed by atoms with van der Waals surface area (Å²) in [7, 11) is 0. The van der Waals surface area contributed by atoms with Gasteiger partial charge in [0, 0.05) is 43.7 Å². The van der Waals surface area contributed by atoms with Crippen molar-refractivity contribution in [2.45, 2.75) is 13.0 Å². The second-order valence-corrected chi connectivity index (χ2v) is 7.17. The zero-order valence-corrected chi connectivity index (χ0v) is 16.4. The molecule has 4 rings (SSSR count). The van der Waals surface area contributed by atoms with Gasteiger partial charge in [0.2, 0.25) is 0 Å². The van der Waals surface area contributed by atoms with E-state index >= 15 is 0 Å². The molecule has 3 aromatic rings. The van der Waals surface area contributed by atoms with Gasteiger partial charge in [0.25, 0.3) is 5.91 Å². The van der Waals surface area contributed by atoms with E-state index in [2.05, 4.69) is 51.5 Å². The molecule has 7 heteroatoms. The summed E-state index contributed by atoms with van der Waals surface area (Å²) in [6, 6.07) is 13.4. The number of nitrogens with zero attached hydrogens (tertiary/aromatic N) is 3. The lowest BCUT2D eigenvalue weighted by molar-refractivity contribution is 0.0332. The lowest BCUT2D eigenvalue weighted by atomic mass is 10.0. The SMILES string of the molecule is Cc1ccc([C@H](CN2CCOCC2)NC(=O)c2cc(-c3cccnc3)on2)cc1. The molecule has 1 aliphatic heterocycles. The van der Waals surface area contributed by atoms with Crippen molar-refractivity contribution in [3.63, 3.8) is 0 Å². The van der Waals surface area contributed by atoms with E-state index in [1.165, 1.54) is 5.56 Å². The Hall–Kier alpha value is -3.03. The quantitative estimate of drug-likeness (QED) is 0.695. The summed E-state index contributed by atoms with van der Waals surface area (Å²) in [5.74, 6) is 0.256. The summed E-state index contributed by atoms with van der Waals surface area (Å²) in [6.07, 6.45) is 3.36. The zero-order chi connectivity index (χ0) is 20.1. The minimum atomic E-state index is -0.261. The molecule has 0 aliphatic carbocycles. The third kappa shape index (κ3) is 4.88. The normalized spacial score (nSPS) is 15.8. The fraction of sp³-hybridized carbons (Fsp3) is 0.318. The molecule has 1 aromatic carbocycles. The second kappa shape index (κ2) is 8.98. The maximum absolute atomic E-state index is 12.9. The predicted octanol–water partition coefficient (Wildman–Crippen LogP) is 2.85. The summed E-state index contributed by atoms with van der Waals surface area (Å²) < 4.78 is 10.8. The zero-order valence-electron chi connectivity index (χ0n) is 16.4. The molecule has 2 aromatic heterocycles. The van der Waals surface area contributed by atoms with Gasteiger partial charge in [-0.1, -0.05) is 35.0 Å². The second-order valence-electron chi connectivity index (χ2n) is 7.17. The van der Waals surface area contributed by atoms with E-state index in [1.54, 1.807) is 18.5 Å². The Bertz CT molecular complexity index is 934. The maximum atomic E-state index is 12.9. The van der Waals surface area contributed by atoms with E-state index in [1.807, 2.05) is 12.1 Å². The number of hydrogen-bond acceptors (Lipinski definition) is 6. The Morgan fingerprint density at radius 3 is 2.72 bits per heavy atom. The van der Waals surface area contributed by atoms with Crippen LogP contribution in [0.25, 0.3) is 11.3 Å². The number of hydrogen-bond donors (Lipinski definition) is 1. The Balaban J connectivity index is 1.51. The first kappa shape index (κ1) is 19.3. The maximum Gasteiger partial charge on any atom is 0.274 e. The summed E-state index contributed by atoms with van der Waals surface area (Å²) in [6.45, 7) is 5.90. The van der Waals surface area contributed by atoms with Crippen molar-refractivity contribution in [3.8, 4) is 11.3 Å². The molecule has 1 atom stereocenters. The molecule has 1 amide bonds. The molecular formula is C22H24N4O3. The first-order chi connectivity index (χ1) is 14.2. The molecule has 0 unspecified atom stereocenters. The van der Waals surface area contributed by atoms with Crippen LogP contribution in [-0.2, 0) is 4.74 Å². The minimum absolute atomic E-state index is 0.153. The predicted molar refractivity (Wildman–Crippen MR) is 108 cm³/mol. The number of benzene rings is 1. The molecule has 1 fully saturated rings. The van der Waals surface area contributed by atoms with Crippen LogP contribution in [0.4, 0.5) is 0 Å². The third-order valence-electron chi connectivity index (χ3n) is 5.02. The lowest BCUT2D eigenvalue weighted by Crippen LogP contribution is -2.43. The molecule has 0 saturated carbocycles. The average Bonchev–Trinajstić information content (AvgIpc) is 3.26. The number of carbonyl (C=O) groups excluding carboxylic acids is 1. The van der Waals surface area contributed by atoms with Gasteiger partial charge in [-0.2, -0.15) is 0 Å². The number of carbonyl (C=O) groups is 1. The van der Waals surface area contributed by atoms with Crippen LogP contribution in [0, 0.1) is 6.92 Å². The number of aryl methyl sites for hydroxylation is 1. The Morgan fingerprint density at radius 1 is 1.21 bits per heavy atom. The molecule has 1 saturated heterocycles. The smallest absolute Gasteiger partial charge is 0.274 e. The van der Waals surface area contributed by atoms with Crippen molar-refractivity contribution >= 4 is 5.91 Å². The van der Waals surface area contributed by atoms with Crippen molar-refractivity contribution in [1.29, 1.82) is 0 Å². The topological polar surface area (TPSA) is 80.5 Å². The lowest BCUT2D eigenvalue weighted by Gasteiger charge is -2.31. The molecule has 3 heterocycles. The van der Waals surface area contributed by atoms with Crippen LogP contribution in [-0.4, -0.2) is 53.8 Å². The first-order valence-electron chi connectivity index (χ1n) is 9.74. The van der Waals surface area contributed by atoms with Gasteiger partial charge in [0.15, 0.2) is 11.5 Å². The number of amides is 1. The van der Waals surface area contributed by atoms with Crippen LogP contribution in [0.2, 0.25) is 0 Å². The van der Waals surface area contributed by atoms with Crippen LogP contribution >= 0.6 is 0 Å². The van der Waals surface area contributed by atoms with Crippen molar-refractivity contribution in [2.24, 2.45) is 0 Å². The van der Waals surface area contributed by atoms with Crippen molar-refractivity contribution < 1.29 is 14.1 Å². The van der Waals surface area contributed by atoms with Gasteiger partial charge < -0.3 is 14.6 Å². The molecule has 1 aliphatic rings. The van der Waals surface area contributed by atoms with Crippen molar-refractivity contribution in [2.75, 3.05) is 32.8 Å². The Morgan fingerprint density at radius 2 is 2.00 bits per heavy atom. The summed E-state index contributed by atoms with van der Waals surface area (Å²) in [4.78, 5) is 19.3. The number of morpholine rings is 1. The molecule has 0 bridgehead atoms. The molecule has 7 nitrogen and oxygen atoms in total. The molecule has 0 radical (unpaired) electrons. The van der Waals surface area contributed by atoms with Gasteiger partial charge in [-0.15, -0.1) is 0 Å². The van der Waals surface area contributed by atoms with E-state index in [9.17, 15) is 4.79 Å². The number of pyridine rings is 1. The van der Waals surface area contributed by atoms with Gasteiger partial charge >= 0.3 is 0 Å². The average molecular weight is 392 g/mol. The highest BCUT2D eigenvalue weighted by atomic mass is 16.5. The number of ether oxygens (including phenoxy) is 1. The van der Waals surface area contributed by atoms with E-state index in [-0.39, 0.29) is 17.6 Å². The highest BCUT2D eigenvalue weighted by Gasteiger charge is 2.22. The van der Waals surface area contributed by atoms with Gasteiger partial charge in [0.1, 0.15) is 0 Å². The van der Waals surface area contributed by atoms with Gasteiger partial charge in [-0.05, 0) is 24.6 Å². The van der Waals surface area contributed by atoms with Crippen molar-refractivity contribution in [1.82, 2.24) is 20.4 Å². The Labute approximate surface area is 169 Å². The summed E-state index contributed by atoms with van der Waals surface area (Å²) >= 11 is 0. The van der Waals surface area contributed by atoms with Crippen molar-refractivity contribution in [3.05, 3.63) is 71.7 Å². The third-order valence-corrected chi connectivity index (χ3v) is 5.02. The molecule has 1 N–H and O–H groups in total. The highest BCUT2D eigenvalue weighted by Crippen LogP contribution is 2.21. The fourth-order valence-electron chi connectivity index (χ4n) is 3.33. The van der Waals surface area contributed by atoms with E-state index < -0.39 is 0 Å². The van der Waals surface area contributed by atoms with Crippen LogP contribution in [0.5, 0.6) is 0 Å². The number of aromatic nitrogens is 2. The van der Waals surface area contributed by atoms with Crippen LogP contribution in [0.15, 0.2) is 59.4 Å². The van der Waals surface area contributed by atoms with Crippen LogP contribution in [0.1, 0.15) is 27.7 Å². The molecule has 150 valence electrons. The van der Waals surface area contributed by atoms with E-state index in [4.69, 9.17) is 9.26 Å². The van der Waals surface area contributed by atoms with Gasteiger partial charge in [-0.25, -0.2) is 0 Å². The number of rotatable bonds is 6. The molecule has 29 heavy (non-hydrogen) atoms. The minimum Gasteiger partial charge on any atom is -0.379 e. The number of nitrogens with one attached hydrogen (secondary N) is 1. The largest absolute Gasteiger partial charge is 0.379 e. The van der Waals surface area contributed by atoms with E-state index in [0.29, 0.717) is 25.5 Å².